The second kappa shape index (κ2) is 7.57. The van der Waals surface area contributed by atoms with Gasteiger partial charge in [0, 0.05) is 18.7 Å². The van der Waals surface area contributed by atoms with Crippen LogP contribution in [0.25, 0.3) is 0 Å². The van der Waals surface area contributed by atoms with Crippen LogP contribution in [0.4, 0.5) is 24.5 Å². The first-order valence-corrected chi connectivity index (χ1v) is 7.93. The van der Waals surface area contributed by atoms with Crippen LogP contribution in [0.3, 0.4) is 0 Å². The number of hydrazone groups is 1. The van der Waals surface area contributed by atoms with E-state index in [9.17, 15) is 13.2 Å². The Morgan fingerprint density at radius 3 is 2.36 bits per heavy atom. The van der Waals surface area contributed by atoms with Crippen molar-refractivity contribution < 1.29 is 17.9 Å². The molecule has 1 heterocycles. The number of halogens is 3. The molecule has 132 valence electrons. The monoisotopic (exact) mass is 349 g/mol. The molecule has 0 atom stereocenters. The summed E-state index contributed by atoms with van der Waals surface area (Å²) in [6, 6.07) is 8.31. The minimum absolute atomic E-state index is 0.341. The standard InChI is InChI=1S/C18H18F3N3O/c1-12(22-23-18-14(19)3-2-4-15(18)20)13-5-6-17(16(21)11-13)24-7-9-25-10-8-24/h2-6,11,23H,7-10H2,1H3/b22-12+. The van der Waals surface area contributed by atoms with Gasteiger partial charge in [0.05, 0.1) is 24.6 Å². The first kappa shape index (κ1) is 17.3. The minimum atomic E-state index is -0.745. The normalized spacial score (nSPS) is 15.4. The molecule has 3 rings (SSSR count). The fourth-order valence-corrected chi connectivity index (χ4v) is 2.60. The third-order valence-corrected chi connectivity index (χ3v) is 4.02. The van der Waals surface area contributed by atoms with Crippen LogP contribution in [-0.4, -0.2) is 32.0 Å². The van der Waals surface area contributed by atoms with Crippen molar-refractivity contribution in [1.82, 2.24) is 0 Å². The van der Waals surface area contributed by atoms with Gasteiger partial charge in [-0.1, -0.05) is 12.1 Å². The van der Waals surface area contributed by atoms with Gasteiger partial charge < -0.3 is 9.64 Å². The van der Waals surface area contributed by atoms with E-state index in [1.54, 1.807) is 19.1 Å². The van der Waals surface area contributed by atoms with Crippen LogP contribution in [0.2, 0.25) is 0 Å². The number of morpholine rings is 1. The molecule has 25 heavy (non-hydrogen) atoms. The van der Waals surface area contributed by atoms with Gasteiger partial charge in [0.1, 0.15) is 11.5 Å². The van der Waals surface area contributed by atoms with Crippen LogP contribution in [0.1, 0.15) is 12.5 Å². The van der Waals surface area contributed by atoms with E-state index >= 15 is 0 Å². The summed E-state index contributed by atoms with van der Waals surface area (Å²) in [6.07, 6.45) is 0. The molecule has 0 aliphatic carbocycles. The average molecular weight is 349 g/mol. The largest absolute Gasteiger partial charge is 0.378 e. The molecule has 0 unspecified atom stereocenters. The summed E-state index contributed by atoms with van der Waals surface area (Å²) in [5.41, 5.74) is 3.47. The highest BCUT2D eigenvalue weighted by Gasteiger charge is 2.16. The van der Waals surface area contributed by atoms with E-state index in [4.69, 9.17) is 4.74 Å². The molecular weight excluding hydrogens is 331 g/mol. The molecule has 0 radical (unpaired) electrons. The fraction of sp³-hybridized carbons (Fsp3) is 0.278. The summed E-state index contributed by atoms with van der Waals surface area (Å²) in [7, 11) is 0. The maximum absolute atomic E-state index is 14.4. The lowest BCUT2D eigenvalue weighted by molar-refractivity contribution is 0.122. The van der Waals surface area contributed by atoms with Gasteiger partial charge in [-0.25, -0.2) is 13.2 Å². The van der Waals surface area contributed by atoms with Gasteiger partial charge in [0.2, 0.25) is 0 Å². The van der Waals surface area contributed by atoms with Crippen molar-refractivity contribution in [1.29, 1.82) is 0 Å². The van der Waals surface area contributed by atoms with Crippen LogP contribution >= 0.6 is 0 Å². The molecule has 2 aromatic rings. The Morgan fingerprint density at radius 1 is 1.04 bits per heavy atom. The summed E-state index contributed by atoms with van der Waals surface area (Å²) in [4.78, 5) is 1.92. The zero-order valence-electron chi connectivity index (χ0n) is 13.7. The van der Waals surface area contributed by atoms with E-state index in [-0.39, 0.29) is 11.5 Å². The number of rotatable bonds is 4. The molecule has 0 amide bonds. The molecule has 1 aliphatic rings. The Balaban J connectivity index is 1.78. The van der Waals surface area contributed by atoms with Gasteiger partial charge >= 0.3 is 0 Å². The summed E-state index contributed by atoms with van der Waals surface area (Å²) >= 11 is 0. The maximum Gasteiger partial charge on any atom is 0.151 e. The molecule has 0 aromatic heterocycles. The smallest absolute Gasteiger partial charge is 0.151 e. The third-order valence-electron chi connectivity index (χ3n) is 4.02. The summed E-state index contributed by atoms with van der Waals surface area (Å²) in [5.74, 6) is -1.86. The van der Waals surface area contributed by atoms with Crippen LogP contribution in [-0.2, 0) is 4.74 Å². The number of hydrogen-bond acceptors (Lipinski definition) is 4. The maximum atomic E-state index is 14.4. The quantitative estimate of drug-likeness (QED) is 0.674. The Kier molecular flexibility index (Phi) is 5.23. The molecule has 4 nitrogen and oxygen atoms in total. The predicted molar refractivity (Wildman–Crippen MR) is 91.6 cm³/mol. The number of para-hydroxylation sites is 1. The minimum Gasteiger partial charge on any atom is -0.378 e. The van der Waals surface area contributed by atoms with Crippen molar-refractivity contribution >= 4 is 17.1 Å². The molecule has 0 spiro atoms. The Bertz CT molecular complexity index is 769. The number of hydrogen-bond donors (Lipinski definition) is 1. The number of nitrogens with zero attached hydrogens (tertiary/aromatic N) is 2. The third kappa shape index (κ3) is 3.93. The van der Waals surface area contributed by atoms with Crippen LogP contribution < -0.4 is 10.3 Å². The number of anilines is 2. The van der Waals surface area contributed by atoms with E-state index in [1.807, 2.05) is 4.90 Å². The Labute approximate surface area is 143 Å². The highest BCUT2D eigenvalue weighted by Crippen LogP contribution is 2.22. The Hall–Kier alpha value is -2.54. The molecule has 1 N–H and O–H groups in total. The zero-order valence-corrected chi connectivity index (χ0v) is 13.7. The van der Waals surface area contributed by atoms with Crippen molar-refractivity contribution in [3.63, 3.8) is 0 Å². The lowest BCUT2D eigenvalue weighted by Gasteiger charge is -2.29. The van der Waals surface area contributed by atoms with Gasteiger partial charge in [0.25, 0.3) is 0 Å². The van der Waals surface area contributed by atoms with Gasteiger partial charge in [-0.15, -0.1) is 0 Å². The van der Waals surface area contributed by atoms with Crippen LogP contribution in [0, 0.1) is 17.5 Å². The van der Waals surface area contributed by atoms with E-state index in [0.29, 0.717) is 43.3 Å². The van der Waals surface area contributed by atoms with E-state index in [2.05, 4.69) is 10.5 Å². The molecule has 7 heteroatoms. The van der Waals surface area contributed by atoms with E-state index in [1.165, 1.54) is 12.1 Å². The molecule has 0 bridgehead atoms. The molecule has 1 aliphatic heterocycles. The SMILES string of the molecule is C/C(=N\Nc1c(F)cccc1F)c1ccc(N2CCOCC2)c(F)c1. The van der Waals surface area contributed by atoms with Gasteiger partial charge in [-0.3, -0.25) is 5.43 Å². The summed E-state index contributed by atoms with van der Waals surface area (Å²) in [5, 5.41) is 3.96. The van der Waals surface area contributed by atoms with Crippen LogP contribution in [0.15, 0.2) is 41.5 Å². The van der Waals surface area contributed by atoms with E-state index < -0.39 is 11.6 Å². The predicted octanol–water partition coefficient (Wildman–Crippen LogP) is 3.78. The first-order valence-electron chi connectivity index (χ1n) is 7.93. The molecule has 2 aromatic carbocycles. The molecule has 1 fully saturated rings. The van der Waals surface area contributed by atoms with Gasteiger partial charge in [-0.05, 0) is 31.2 Å². The van der Waals surface area contributed by atoms with E-state index in [0.717, 1.165) is 12.1 Å². The van der Waals surface area contributed by atoms with Gasteiger partial charge in [0.15, 0.2) is 11.6 Å². The summed E-state index contributed by atoms with van der Waals surface area (Å²) in [6.45, 7) is 4.05. The Morgan fingerprint density at radius 2 is 1.72 bits per heavy atom. The lowest BCUT2D eigenvalue weighted by Crippen LogP contribution is -2.36. The van der Waals surface area contributed by atoms with Crippen molar-refractivity contribution in [2.75, 3.05) is 36.6 Å². The topological polar surface area (TPSA) is 36.9 Å². The summed E-state index contributed by atoms with van der Waals surface area (Å²) < 4.78 is 46.8. The molecule has 0 saturated carbocycles. The highest BCUT2D eigenvalue weighted by atomic mass is 19.1. The second-order valence-electron chi connectivity index (χ2n) is 5.67. The fourth-order valence-electron chi connectivity index (χ4n) is 2.60. The van der Waals surface area contributed by atoms with Crippen LogP contribution in [0.5, 0.6) is 0 Å². The second-order valence-corrected chi connectivity index (χ2v) is 5.67. The lowest BCUT2D eigenvalue weighted by atomic mass is 10.1. The highest BCUT2D eigenvalue weighted by molar-refractivity contribution is 5.99. The first-order chi connectivity index (χ1) is 12.1. The number of nitrogens with one attached hydrogen (secondary N) is 1. The average Bonchev–Trinajstić information content (AvgIpc) is 2.61. The van der Waals surface area contributed by atoms with Crippen molar-refractivity contribution in [2.24, 2.45) is 5.10 Å². The number of ether oxygens (including phenoxy) is 1. The van der Waals surface area contributed by atoms with Crippen molar-refractivity contribution in [3.05, 3.63) is 59.4 Å². The van der Waals surface area contributed by atoms with Crippen molar-refractivity contribution in [3.8, 4) is 0 Å². The van der Waals surface area contributed by atoms with Gasteiger partial charge in [-0.2, -0.15) is 5.10 Å². The zero-order chi connectivity index (χ0) is 17.8. The molecule has 1 saturated heterocycles. The molecular formula is C18H18F3N3O. The number of benzene rings is 2. The van der Waals surface area contributed by atoms with Crippen molar-refractivity contribution in [2.45, 2.75) is 6.92 Å².